The number of hydrogen-bond acceptors (Lipinski definition) is 3. The molecule has 12 rings (SSSR count). The Kier molecular flexibility index (Phi) is 8.93. The molecule has 3 heteroatoms. The van der Waals surface area contributed by atoms with Gasteiger partial charge in [0, 0.05) is 22.6 Å². The summed E-state index contributed by atoms with van der Waals surface area (Å²) >= 11 is 1.83. The van der Waals surface area contributed by atoms with Crippen LogP contribution in [0.2, 0.25) is 0 Å². The maximum Gasteiger partial charge on any atom is 0.128 e. The van der Waals surface area contributed by atoms with E-state index in [9.17, 15) is 0 Å². The molecule has 0 N–H and O–H groups in total. The van der Waals surface area contributed by atoms with Crippen molar-refractivity contribution in [3.05, 3.63) is 222 Å². The number of aryl methyl sites for hydroxylation is 1. The van der Waals surface area contributed by atoms with Gasteiger partial charge in [0.1, 0.15) is 11.5 Å². The highest BCUT2D eigenvalue weighted by Gasteiger charge is 2.31. The van der Waals surface area contributed by atoms with Crippen molar-refractivity contribution < 1.29 is 4.74 Å². The lowest BCUT2D eigenvalue weighted by Crippen LogP contribution is -2.12. The molecule has 2 aliphatic carbocycles. The van der Waals surface area contributed by atoms with Gasteiger partial charge < -0.3 is 4.74 Å². The maximum atomic E-state index is 6.76. The van der Waals surface area contributed by atoms with Crippen molar-refractivity contribution in [2.45, 2.75) is 39.0 Å². The molecule has 2 aromatic heterocycles. The average molecular weight is 840 g/mol. The molecule has 0 saturated carbocycles. The lowest BCUT2D eigenvalue weighted by Gasteiger charge is -2.23. The average Bonchev–Trinajstić information content (AvgIpc) is 3.85. The van der Waals surface area contributed by atoms with Crippen LogP contribution in [0.5, 0.6) is 11.5 Å². The van der Waals surface area contributed by atoms with Crippen molar-refractivity contribution in [1.29, 1.82) is 0 Å². The molecule has 0 amide bonds. The molecular formula is C61H45NOS. The summed E-state index contributed by atoms with van der Waals surface area (Å²) in [5.74, 6) is 1.74. The zero-order valence-corrected chi connectivity index (χ0v) is 37.1. The predicted molar refractivity (Wildman–Crippen MR) is 269 cm³/mol. The molecule has 0 bridgehead atoms. The standard InChI is InChI=1S/C61H45NOS/c1-37-44-31-32-62-58(60(44)64-59(37)40-27-29-52-49-23-8-7-21-47(49)45-19-5-6-20-46(45)48-22-9-10-25-51(48)55(52)35-40)39-16-14-18-42(34-39)63-43-28-30-53-50-24-11-12-26-54(50)57(56(53)36-43)38-15-13-17-41(33-38)61(2,3)4/h5-36,57H,1-4H3. The summed E-state index contributed by atoms with van der Waals surface area (Å²) in [5.41, 5.74) is 22.4. The Bertz CT molecular complexity index is 3490. The molecule has 0 saturated heterocycles. The number of nitrogens with zero attached hydrogens (tertiary/aromatic N) is 1. The van der Waals surface area contributed by atoms with Crippen molar-refractivity contribution in [2.24, 2.45) is 0 Å². The van der Waals surface area contributed by atoms with Gasteiger partial charge in [-0.05, 0) is 143 Å². The number of aromatic nitrogens is 1. The van der Waals surface area contributed by atoms with Crippen molar-refractivity contribution in [2.75, 3.05) is 0 Å². The minimum atomic E-state index is 0.0596. The predicted octanol–water partition coefficient (Wildman–Crippen LogP) is 17.2. The normalized spacial score (nSPS) is 13.5. The summed E-state index contributed by atoms with van der Waals surface area (Å²) in [4.78, 5) is 6.29. The van der Waals surface area contributed by atoms with Crippen LogP contribution in [0.15, 0.2) is 194 Å². The second-order valence-corrected chi connectivity index (χ2v) is 19.3. The van der Waals surface area contributed by atoms with E-state index in [1.165, 1.54) is 104 Å². The lowest BCUT2D eigenvalue weighted by molar-refractivity contribution is 0.482. The van der Waals surface area contributed by atoms with Gasteiger partial charge in [0.2, 0.25) is 0 Å². The van der Waals surface area contributed by atoms with Crippen LogP contribution in [0.3, 0.4) is 0 Å². The van der Waals surface area contributed by atoms with Gasteiger partial charge in [-0.15, -0.1) is 11.3 Å². The van der Waals surface area contributed by atoms with Crippen LogP contribution in [0.1, 0.15) is 54.5 Å². The molecule has 2 heterocycles. The zero-order chi connectivity index (χ0) is 43.1. The number of benzene rings is 8. The third kappa shape index (κ3) is 6.25. The molecule has 2 aliphatic rings. The second kappa shape index (κ2) is 14.9. The Morgan fingerprint density at radius 3 is 1.73 bits per heavy atom. The number of ether oxygens (including phenoxy) is 1. The first-order chi connectivity index (χ1) is 31.3. The first-order valence-electron chi connectivity index (χ1n) is 22.2. The fourth-order valence-electron chi connectivity index (χ4n) is 10.3. The molecule has 0 radical (unpaired) electrons. The Hall–Kier alpha value is -7.33. The summed E-state index contributed by atoms with van der Waals surface area (Å²) in [6.07, 6.45) is 1.95. The third-order valence-electron chi connectivity index (χ3n) is 13.4. The van der Waals surface area contributed by atoms with Crippen LogP contribution in [-0.4, -0.2) is 4.98 Å². The lowest BCUT2D eigenvalue weighted by atomic mass is 9.80. The smallest absolute Gasteiger partial charge is 0.128 e. The highest BCUT2D eigenvalue weighted by Crippen LogP contribution is 2.52. The van der Waals surface area contributed by atoms with E-state index in [1.807, 2.05) is 23.6 Å². The van der Waals surface area contributed by atoms with Gasteiger partial charge in [-0.3, -0.25) is 4.98 Å². The van der Waals surface area contributed by atoms with E-state index in [4.69, 9.17) is 9.72 Å². The minimum absolute atomic E-state index is 0.0596. The van der Waals surface area contributed by atoms with Crippen LogP contribution in [0, 0.1) is 6.92 Å². The van der Waals surface area contributed by atoms with Gasteiger partial charge >= 0.3 is 0 Å². The fraction of sp³-hybridized carbons (Fsp3) is 0.0984. The minimum Gasteiger partial charge on any atom is -0.457 e. The molecule has 64 heavy (non-hydrogen) atoms. The maximum absolute atomic E-state index is 6.76. The fourth-order valence-corrected chi connectivity index (χ4v) is 11.6. The molecule has 1 atom stereocenters. The first kappa shape index (κ1) is 38.4. The molecule has 2 nitrogen and oxygen atoms in total. The Balaban J connectivity index is 0.913. The Morgan fingerprint density at radius 2 is 1.05 bits per heavy atom. The van der Waals surface area contributed by atoms with Crippen molar-refractivity contribution >= 4 is 21.4 Å². The van der Waals surface area contributed by atoms with E-state index in [1.54, 1.807) is 0 Å². The largest absolute Gasteiger partial charge is 0.457 e. The van der Waals surface area contributed by atoms with Gasteiger partial charge in [-0.1, -0.05) is 172 Å². The van der Waals surface area contributed by atoms with Gasteiger partial charge in [-0.2, -0.15) is 0 Å². The van der Waals surface area contributed by atoms with Crippen LogP contribution in [0.4, 0.5) is 0 Å². The highest BCUT2D eigenvalue weighted by molar-refractivity contribution is 7.23. The molecule has 0 aliphatic heterocycles. The topological polar surface area (TPSA) is 22.1 Å². The van der Waals surface area contributed by atoms with Gasteiger partial charge in [-0.25, -0.2) is 0 Å². The number of pyridine rings is 1. The van der Waals surface area contributed by atoms with Crippen molar-refractivity contribution in [3.8, 4) is 88.8 Å². The molecule has 306 valence electrons. The summed E-state index contributed by atoms with van der Waals surface area (Å²) in [7, 11) is 0. The van der Waals surface area contributed by atoms with Gasteiger partial charge in [0.05, 0.1) is 10.4 Å². The monoisotopic (exact) mass is 839 g/mol. The van der Waals surface area contributed by atoms with Crippen LogP contribution in [0.25, 0.3) is 87.4 Å². The van der Waals surface area contributed by atoms with E-state index in [0.29, 0.717) is 0 Å². The number of hydrogen-bond donors (Lipinski definition) is 0. The Morgan fingerprint density at radius 1 is 0.469 bits per heavy atom. The summed E-state index contributed by atoms with van der Waals surface area (Å²) < 4.78 is 7.94. The summed E-state index contributed by atoms with van der Waals surface area (Å²) in [5, 5.41) is 1.22. The number of fused-ring (bicyclic) bond motifs is 12. The van der Waals surface area contributed by atoms with Gasteiger partial charge in [0.25, 0.3) is 0 Å². The SMILES string of the molecule is Cc1c(-c2ccc3c(c2)-c2ccccc2-c2ccccc2-c2ccccc2-3)sc2c(-c3cccc(Oc4ccc5c(c4)C(c4cccc(C(C)(C)C)c4)c4ccccc4-5)c3)nccc12. The number of thiophene rings is 1. The molecule has 0 fully saturated rings. The molecule has 10 aromatic rings. The third-order valence-corrected chi connectivity index (χ3v) is 14.8. The molecule has 1 unspecified atom stereocenters. The van der Waals surface area contributed by atoms with Crippen LogP contribution in [-0.2, 0) is 5.41 Å². The highest BCUT2D eigenvalue weighted by atomic mass is 32.1. The van der Waals surface area contributed by atoms with Crippen molar-refractivity contribution in [3.63, 3.8) is 0 Å². The summed E-state index contributed by atoms with van der Waals surface area (Å²) in [6, 6.07) is 68.8. The van der Waals surface area contributed by atoms with E-state index >= 15 is 0 Å². The summed E-state index contributed by atoms with van der Waals surface area (Å²) in [6.45, 7) is 9.11. The first-order valence-corrected chi connectivity index (χ1v) is 23.0. The molecule has 8 aromatic carbocycles. The van der Waals surface area contributed by atoms with Gasteiger partial charge in [0.15, 0.2) is 0 Å². The molecule has 0 spiro atoms. The van der Waals surface area contributed by atoms with Crippen molar-refractivity contribution in [1.82, 2.24) is 4.98 Å². The molecular weight excluding hydrogens is 795 g/mol. The Labute approximate surface area is 379 Å². The second-order valence-electron chi connectivity index (χ2n) is 18.3. The quantitative estimate of drug-likeness (QED) is 0.172. The van der Waals surface area contributed by atoms with E-state index < -0.39 is 0 Å². The van der Waals surface area contributed by atoms with E-state index in [2.05, 4.69) is 210 Å². The van der Waals surface area contributed by atoms with E-state index in [0.717, 1.165) is 22.8 Å². The number of rotatable bonds is 5. The van der Waals surface area contributed by atoms with Crippen LogP contribution >= 0.6 is 11.3 Å². The zero-order valence-electron chi connectivity index (χ0n) is 36.3. The van der Waals surface area contributed by atoms with Crippen LogP contribution < -0.4 is 4.74 Å². The van der Waals surface area contributed by atoms with E-state index in [-0.39, 0.29) is 11.3 Å².